The van der Waals surface area contributed by atoms with Crippen LogP contribution >= 0.6 is 0 Å². The molecule has 0 saturated carbocycles. The van der Waals surface area contributed by atoms with E-state index in [1.165, 1.54) is 0 Å². The van der Waals surface area contributed by atoms with Crippen molar-refractivity contribution in [3.63, 3.8) is 0 Å². The highest BCUT2D eigenvalue weighted by molar-refractivity contribution is 5.94. The molecule has 26 heavy (non-hydrogen) atoms. The van der Waals surface area contributed by atoms with Crippen LogP contribution in [-0.2, 0) is 6.54 Å². The smallest absolute Gasteiger partial charge is 0.270 e. The summed E-state index contributed by atoms with van der Waals surface area (Å²) in [5, 5.41) is 11.4. The molecule has 0 aliphatic rings. The molecule has 7 heteroatoms. The van der Waals surface area contributed by atoms with Crippen molar-refractivity contribution in [1.82, 2.24) is 29.7 Å². The van der Waals surface area contributed by atoms with Gasteiger partial charge in [0.25, 0.3) is 5.91 Å². The maximum Gasteiger partial charge on any atom is 0.270 e. The molecule has 4 rings (SSSR count). The Kier molecular flexibility index (Phi) is 4.18. The standard InChI is InChI=1S/C19H18N6O/c1-14-18(24-12-6-5-9-17(24)22-14)19(26)23-16(13-25-20-10-11-21-25)15-7-3-2-4-8-15/h2-12,16H,13H2,1H3,(H,23,26). The van der Waals surface area contributed by atoms with E-state index >= 15 is 0 Å². The van der Waals surface area contributed by atoms with Crippen LogP contribution in [0.4, 0.5) is 0 Å². The zero-order valence-electron chi connectivity index (χ0n) is 14.3. The summed E-state index contributed by atoms with van der Waals surface area (Å²) in [4.78, 5) is 19.1. The first kappa shape index (κ1) is 16.0. The molecule has 1 amide bonds. The summed E-state index contributed by atoms with van der Waals surface area (Å²) in [6.07, 6.45) is 5.09. The lowest BCUT2D eigenvalue weighted by molar-refractivity contribution is 0.0924. The number of nitrogens with one attached hydrogen (secondary N) is 1. The van der Waals surface area contributed by atoms with Crippen LogP contribution in [0.15, 0.2) is 67.1 Å². The van der Waals surface area contributed by atoms with Crippen LogP contribution in [0.3, 0.4) is 0 Å². The van der Waals surface area contributed by atoms with E-state index in [0.717, 1.165) is 11.2 Å². The fourth-order valence-corrected chi connectivity index (χ4v) is 3.03. The van der Waals surface area contributed by atoms with Crippen LogP contribution in [0, 0.1) is 6.92 Å². The van der Waals surface area contributed by atoms with Gasteiger partial charge < -0.3 is 5.32 Å². The van der Waals surface area contributed by atoms with Crippen LogP contribution in [0.2, 0.25) is 0 Å². The molecule has 0 spiro atoms. The number of carbonyl (C=O) groups excluding carboxylic acids is 1. The van der Waals surface area contributed by atoms with E-state index in [9.17, 15) is 4.79 Å². The van der Waals surface area contributed by atoms with Gasteiger partial charge in [-0.3, -0.25) is 9.20 Å². The zero-order chi connectivity index (χ0) is 17.9. The van der Waals surface area contributed by atoms with Crippen molar-refractivity contribution in [3.8, 4) is 0 Å². The topological polar surface area (TPSA) is 77.1 Å². The van der Waals surface area contributed by atoms with E-state index in [4.69, 9.17) is 0 Å². The third-order valence-corrected chi connectivity index (χ3v) is 4.24. The predicted octanol–water partition coefficient (Wildman–Crippen LogP) is 2.41. The fraction of sp³-hybridized carbons (Fsp3) is 0.158. The number of amides is 1. The molecular formula is C19H18N6O. The van der Waals surface area contributed by atoms with Crippen LogP contribution in [0.25, 0.3) is 5.65 Å². The van der Waals surface area contributed by atoms with Gasteiger partial charge >= 0.3 is 0 Å². The van der Waals surface area contributed by atoms with E-state index in [-0.39, 0.29) is 11.9 Å². The number of hydrogen-bond donors (Lipinski definition) is 1. The number of rotatable bonds is 5. The molecule has 1 atom stereocenters. The second-order valence-corrected chi connectivity index (χ2v) is 6.00. The lowest BCUT2D eigenvalue weighted by Gasteiger charge is -2.19. The van der Waals surface area contributed by atoms with Gasteiger partial charge in [-0.25, -0.2) is 4.98 Å². The molecule has 1 unspecified atom stereocenters. The lowest BCUT2D eigenvalue weighted by atomic mass is 10.1. The van der Waals surface area contributed by atoms with Crippen molar-refractivity contribution in [3.05, 3.63) is 84.1 Å². The van der Waals surface area contributed by atoms with Crippen molar-refractivity contribution < 1.29 is 4.79 Å². The minimum Gasteiger partial charge on any atom is -0.342 e. The van der Waals surface area contributed by atoms with Gasteiger partial charge in [0.1, 0.15) is 11.3 Å². The number of aromatic nitrogens is 5. The molecule has 0 fully saturated rings. The summed E-state index contributed by atoms with van der Waals surface area (Å²) in [5.41, 5.74) is 2.97. The first-order chi connectivity index (χ1) is 12.7. The largest absolute Gasteiger partial charge is 0.342 e. The second-order valence-electron chi connectivity index (χ2n) is 6.00. The molecule has 1 aromatic carbocycles. The SMILES string of the molecule is Cc1nc2ccccn2c1C(=O)NC(Cn1nccn1)c1ccccc1. The van der Waals surface area contributed by atoms with E-state index in [1.54, 1.807) is 21.6 Å². The number of aryl methyl sites for hydroxylation is 1. The number of carbonyl (C=O) groups is 1. The van der Waals surface area contributed by atoms with E-state index in [0.29, 0.717) is 17.9 Å². The van der Waals surface area contributed by atoms with Crippen LogP contribution in [-0.4, -0.2) is 30.3 Å². The van der Waals surface area contributed by atoms with E-state index < -0.39 is 0 Å². The number of hydrogen-bond acceptors (Lipinski definition) is 4. The Balaban J connectivity index is 1.66. The van der Waals surface area contributed by atoms with Crippen LogP contribution in [0.1, 0.15) is 27.8 Å². The zero-order valence-corrected chi connectivity index (χ0v) is 14.3. The van der Waals surface area contributed by atoms with Gasteiger partial charge in [0.15, 0.2) is 0 Å². The summed E-state index contributed by atoms with van der Waals surface area (Å²) >= 11 is 0. The van der Waals surface area contributed by atoms with Gasteiger partial charge in [0.2, 0.25) is 0 Å². The number of imidazole rings is 1. The van der Waals surface area contributed by atoms with E-state index in [1.807, 2.05) is 61.7 Å². The Hall–Kier alpha value is -3.48. The number of nitrogens with zero attached hydrogens (tertiary/aromatic N) is 5. The summed E-state index contributed by atoms with van der Waals surface area (Å²) in [6, 6.07) is 15.2. The highest BCUT2D eigenvalue weighted by atomic mass is 16.2. The average Bonchev–Trinajstić information content (AvgIpc) is 3.28. The first-order valence-corrected chi connectivity index (χ1v) is 8.36. The van der Waals surface area contributed by atoms with Crippen molar-refractivity contribution in [2.75, 3.05) is 0 Å². The highest BCUT2D eigenvalue weighted by Gasteiger charge is 2.21. The van der Waals surface area contributed by atoms with Gasteiger partial charge in [-0.2, -0.15) is 15.0 Å². The minimum absolute atomic E-state index is 0.179. The van der Waals surface area contributed by atoms with Gasteiger partial charge in [-0.15, -0.1) is 0 Å². The summed E-state index contributed by atoms with van der Waals surface area (Å²) < 4.78 is 1.80. The first-order valence-electron chi connectivity index (χ1n) is 8.36. The molecule has 130 valence electrons. The van der Waals surface area contributed by atoms with Gasteiger partial charge in [-0.05, 0) is 24.6 Å². The average molecular weight is 346 g/mol. The molecule has 7 nitrogen and oxygen atoms in total. The molecular weight excluding hydrogens is 328 g/mol. The normalized spacial score (nSPS) is 12.2. The number of benzene rings is 1. The maximum atomic E-state index is 13.0. The number of pyridine rings is 1. The Morgan fingerprint density at radius 2 is 1.81 bits per heavy atom. The molecule has 3 aromatic heterocycles. The minimum atomic E-state index is -0.259. The van der Waals surface area contributed by atoms with Gasteiger partial charge in [0.05, 0.1) is 30.7 Å². The van der Waals surface area contributed by atoms with Crippen molar-refractivity contribution in [2.24, 2.45) is 0 Å². The van der Waals surface area contributed by atoms with Crippen LogP contribution < -0.4 is 5.32 Å². The van der Waals surface area contributed by atoms with Crippen molar-refractivity contribution in [2.45, 2.75) is 19.5 Å². The molecule has 0 aliphatic heterocycles. The molecule has 0 aliphatic carbocycles. The van der Waals surface area contributed by atoms with Crippen molar-refractivity contribution in [1.29, 1.82) is 0 Å². The third kappa shape index (κ3) is 3.06. The molecule has 1 N–H and O–H groups in total. The summed E-state index contributed by atoms with van der Waals surface area (Å²) in [6.45, 7) is 2.28. The van der Waals surface area contributed by atoms with Crippen molar-refractivity contribution >= 4 is 11.6 Å². The third-order valence-electron chi connectivity index (χ3n) is 4.24. The quantitative estimate of drug-likeness (QED) is 0.602. The predicted molar refractivity (Wildman–Crippen MR) is 96.6 cm³/mol. The highest BCUT2D eigenvalue weighted by Crippen LogP contribution is 2.17. The second kappa shape index (κ2) is 6.79. The molecule has 0 saturated heterocycles. The molecule has 0 radical (unpaired) electrons. The van der Waals surface area contributed by atoms with Crippen LogP contribution in [0.5, 0.6) is 0 Å². The Morgan fingerprint density at radius 1 is 1.08 bits per heavy atom. The van der Waals surface area contributed by atoms with Gasteiger partial charge in [0, 0.05) is 6.20 Å². The molecule has 3 heterocycles. The summed E-state index contributed by atoms with van der Waals surface area (Å²) in [7, 11) is 0. The monoisotopic (exact) mass is 346 g/mol. The molecule has 0 bridgehead atoms. The maximum absolute atomic E-state index is 13.0. The Labute approximate surface area is 150 Å². The lowest BCUT2D eigenvalue weighted by Crippen LogP contribution is -2.33. The molecule has 4 aromatic rings. The van der Waals surface area contributed by atoms with Gasteiger partial charge in [-0.1, -0.05) is 36.4 Å². The Morgan fingerprint density at radius 3 is 2.58 bits per heavy atom. The Bertz CT molecular complexity index is 1020. The number of fused-ring (bicyclic) bond motifs is 1. The summed E-state index contributed by atoms with van der Waals surface area (Å²) in [5.74, 6) is -0.179. The fourth-order valence-electron chi connectivity index (χ4n) is 3.03. The van der Waals surface area contributed by atoms with E-state index in [2.05, 4.69) is 20.5 Å².